The van der Waals surface area contributed by atoms with Crippen LogP contribution in [-0.2, 0) is 4.74 Å². The predicted molar refractivity (Wildman–Crippen MR) is 59.7 cm³/mol. The molecule has 0 aliphatic rings. The van der Waals surface area contributed by atoms with E-state index in [9.17, 15) is 5.11 Å². The Morgan fingerprint density at radius 1 is 1.50 bits per heavy atom. The first kappa shape index (κ1) is 15.9. The average molecular weight is 226 g/mol. The summed E-state index contributed by atoms with van der Waals surface area (Å²) in [5.41, 5.74) is 10.2. The van der Waals surface area contributed by atoms with Crippen molar-refractivity contribution in [2.75, 3.05) is 19.8 Å². The molecule has 0 saturated heterocycles. The van der Waals surface area contributed by atoms with Crippen LogP contribution in [0.15, 0.2) is 4.99 Å². The third-order valence-corrected chi connectivity index (χ3v) is 1.44. The Morgan fingerprint density at radius 3 is 2.64 bits per heavy atom. The second-order valence-corrected chi connectivity index (χ2v) is 2.85. The van der Waals surface area contributed by atoms with Crippen LogP contribution in [0, 0.1) is 0 Å². The third-order valence-electron chi connectivity index (χ3n) is 1.44. The number of unbranched alkanes of at least 4 members (excludes halogenated alkanes) is 1. The number of nitrogens with zero attached hydrogens (tertiary/aromatic N) is 1. The first-order chi connectivity index (χ1) is 6.16. The van der Waals surface area contributed by atoms with Crippen LogP contribution in [0.1, 0.15) is 19.8 Å². The number of aliphatic imine (C=N–C) groups is 1. The zero-order valence-corrected chi connectivity index (χ0v) is 9.30. The molecule has 0 rings (SSSR count). The molecule has 0 fully saturated rings. The minimum absolute atomic E-state index is 0. The molecule has 0 aliphatic carbocycles. The summed E-state index contributed by atoms with van der Waals surface area (Å²) in [6.07, 6.45) is 1.48. The maximum absolute atomic E-state index is 9.25. The van der Waals surface area contributed by atoms with Crippen molar-refractivity contribution < 1.29 is 9.84 Å². The Hall–Kier alpha value is -0.520. The van der Waals surface area contributed by atoms with Crippen molar-refractivity contribution in [3.05, 3.63) is 0 Å². The molecule has 1 atom stereocenters. The van der Waals surface area contributed by atoms with E-state index in [0.29, 0.717) is 6.61 Å². The van der Waals surface area contributed by atoms with Crippen LogP contribution in [0.2, 0.25) is 0 Å². The molecule has 0 aromatic carbocycles. The van der Waals surface area contributed by atoms with E-state index in [1.54, 1.807) is 0 Å². The highest BCUT2D eigenvalue weighted by Gasteiger charge is 2.02. The van der Waals surface area contributed by atoms with Gasteiger partial charge in [-0.25, -0.2) is 0 Å². The van der Waals surface area contributed by atoms with Crippen LogP contribution >= 0.6 is 12.4 Å². The van der Waals surface area contributed by atoms with Crippen LogP contribution in [0.5, 0.6) is 0 Å². The van der Waals surface area contributed by atoms with E-state index in [1.165, 1.54) is 0 Å². The molecule has 0 aromatic heterocycles. The number of hydrogen-bond donors (Lipinski definition) is 3. The smallest absolute Gasteiger partial charge is 0.185 e. The first-order valence-corrected chi connectivity index (χ1v) is 4.48. The van der Waals surface area contributed by atoms with E-state index < -0.39 is 6.10 Å². The second-order valence-electron chi connectivity index (χ2n) is 2.85. The van der Waals surface area contributed by atoms with Crippen LogP contribution in [0.3, 0.4) is 0 Å². The third kappa shape index (κ3) is 11.5. The second kappa shape index (κ2) is 10.6. The normalized spacial score (nSPS) is 11.6. The molecule has 0 radical (unpaired) electrons. The summed E-state index contributed by atoms with van der Waals surface area (Å²) in [6, 6.07) is 0. The summed E-state index contributed by atoms with van der Waals surface area (Å²) in [5.74, 6) is -0.00684. The predicted octanol–water partition coefficient (Wildman–Crippen LogP) is -0.141. The Kier molecular flexibility index (Phi) is 12.0. The lowest BCUT2D eigenvalue weighted by atomic mass is 10.3. The molecule has 0 spiro atoms. The summed E-state index contributed by atoms with van der Waals surface area (Å²) in [5, 5.41) is 9.25. The van der Waals surface area contributed by atoms with Gasteiger partial charge in [0.2, 0.25) is 0 Å². The molecule has 0 aliphatic heterocycles. The molecule has 0 amide bonds. The van der Waals surface area contributed by atoms with Crippen molar-refractivity contribution >= 4 is 18.4 Å². The Labute approximate surface area is 90.9 Å². The lowest BCUT2D eigenvalue weighted by Crippen LogP contribution is -2.26. The topological polar surface area (TPSA) is 93.9 Å². The maximum Gasteiger partial charge on any atom is 0.185 e. The van der Waals surface area contributed by atoms with Crippen LogP contribution in [0.25, 0.3) is 0 Å². The molecular weight excluding hydrogens is 206 g/mol. The molecule has 0 bridgehead atoms. The maximum atomic E-state index is 9.25. The lowest BCUT2D eigenvalue weighted by molar-refractivity contribution is 0.0404. The quantitative estimate of drug-likeness (QED) is 0.319. The van der Waals surface area contributed by atoms with Gasteiger partial charge >= 0.3 is 0 Å². The molecule has 86 valence electrons. The van der Waals surface area contributed by atoms with Gasteiger partial charge in [-0.3, -0.25) is 4.99 Å². The lowest BCUT2D eigenvalue weighted by Gasteiger charge is -2.08. The SMILES string of the molecule is CCCCOCC(O)CN=C(N)N.Cl. The van der Waals surface area contributed by atoms with Gasteiger partial charge in [0, 0.05) is 6.61 Å². The van der Waals surface area contributed by atoms with E-state index in [0.717, 1.165) is 12.8 Å². The van der Waals surface area contributed by atoms with Gasteiger partial charge in [-0.2, -0.15) is 0 Å². The van der Waals surface area contributed by atoms with Crippen molar-refractivity contribution in [3.63, 3.8) is 0 Å². The number of guanidine groups is 1. The summed E-state index contributed by atoms with van der Waals surface area (Å²) in [6.45, 7) is 3.25. The fraction of sp³-hybridized carbons (Fsp3) is 0.875. The number of halogens is 1. The molecule has 0 heterocycles. The van der Waals surface area contributed by atoms with Gasteiger partial charge < -0.3 is 21.3 Å². The minimum Gasteiger partial charge on any atom is -0.389 e. The number of rotatable bonds is 7. The minimum atomic E-state index is -0.612. The highest BCUT2D eigenvalue weighted by atomic mass is 35.5. The molecule has 5 N–H and O–H groups in total. The molecule has 14 heavy (non-hydrogen) atoms. The number of hydrogen-bond acceptors (Lipinski definition) is 3. The van der Waals surface area contributed by atoms with Gasteiger partial charge in [-0.05, 0) is 6.42 Å². The number of nitrogens with two attached hydrogens (primary N) is 2. The van der Waals surface area contributed by atoms with Crippen molar-refractivity contribution in [2.45, 2.75) is 25.9 Å². The summed E-state index contributed by atoms with van der Waals surface area (Å²) >= 11 is 0. The van der Waals surface area contributed by atoms with E-state index >= 15 is 0 Å². The van der Waals surface area contributed by atoms with Gasteiger partial charge in [-0.1, -0.05) is 13.3 Å². The molecule has 1 unspecified atom stereocenters. The fourth-order valence-electron chi connectivity index (χ4n) is 0.729. The van der Waals surface area contributed by atoms with E-state index in [4.69, 9.17) is 16.2 Å². The van der Waals surface area contributed by atoms with Crippen LogP contribution in [0.4, 0.5) is 0 Å². The van der Waals surface area contributed by atoms with Crippen molar-refractivity contribution in [2.24, 2.45) is 16.5 Å². The highest BCUT2D eigenvalue weighted by Crippen LogP contribution is 1.91. The zero-order valence-electron chi connectivity index (χ0n) is 8.48. The summed E-state index contributed by atoms with van der Waals surface area (Å²) in [7, 11) is 0. The summed E-state index contributed by atoms with van der Waals surface area (Å²) < 4.78 is 5.17. The molecule has 0 saturated carbocycles. The van der Waals surface area contributed by atoms with Crippen molar-refractivity contribution in [1.29, 1.82) is 0 Å². The van der Waals surface area contributed by atoms with Crippen molar-refractivity contribution in [3.8, 4) is 0 Å². The van der Waals surface area contributed by atoms with Gasteiger partial charge in [0.25, 0.3) is 0 Å². The number of aliphatic hydroxyl groups excluding tert-OH is 1. The highest BCUT2D eigenvalue weighted by molar-refractivity contribution is 5.85. The van der Waals surface area contributed by atoms with Crippen LogP contribution in [-0.4, -0.2) is 36.9 Å². The average Bonchev–Trinajstić information content (AvgIpc) is 2.09. The van der Waals surface area contributed by atoms with E-state index in [-0.39, 0.29) is 31.5 Å². The standard InChI is InChI=1S/C8H19N3O2.ClH/c1-2-3-4-13-6-7(12)5-11-8(9)10;/h7,12H,2-6H2,1H3,(H4,9,10,11);1H. The van der Waals surface area contributed by atoms with Crippen molar-refractivity contribution in [1.82, 2.24) is 0 Å². The number of aliphatic hydroxyl groups is 1. The van der Waals surface area contributed by atoms with Gasteiger partial charge in [0.1, 0.15) is 0 Å². The fourth-order valence-corrected chi connectivity index (χ4v) is 0.729. The van der Waals surface area contributed by atoms with Gasteiger partial charge in [0.05, 0.1) is 19.3 Å². The molecule has 5 nitrogen and oxygen atoms in total. The number of ether oxygens (including phenoxy) is 1. The summed E-state index contributed by atoms with van der Waals surface area (Å²) in [4.78, 5) is 3.67. The van der Waals surface area contributed by atoms with Gasteiger partial charge in [0.15, 0.2) is 5.96 Å². The largest absolute Gasteiger partial charge is 0.389 e. The Bertz CT molecular complexity index is 152. The first-order valence-electron chi connectivity index (χ1n) is 4.48. The van der Waals surface area contributed by atoms with E-state index in [2.05, 4.69) is 11.9 Å². The van der Waals surface area contributed by atoms with E-state index in [1.807, 2.05) is 0 Å². The van der Waals surface area contributed by atoms with Crippen LogP contribution < -0.4 is 11.5 Å². The molecular formula is C8H20ClN3O2. The Balaban J connectivity index is 0. The zero-order chi connectivity index (χ0) is 10.1. The molecule has 6 heteroatoms. The van der Waals surface area contributed by atoms with Gasteiger partial charge in [-0.15, -0.1) is 12.4 Å². The monoisotopic (exact) mass is 225 g/mol. The Morgan fingerprint density at radius 2 is 2.14 bits per heavy atom. The molecule has 0 aromatic rings.